The minimum atomic E-state index is 0.0815. The zero-order chi connectivity index (χ0) is 36.3. The Bertz CT molecular complexity index is 2600. The van der Waals surface area contributed by atoms with Gasteiger partial charge in [0.2, 0.25) is 6.71 Å². The summed E-state index contributed by atoms with van der Waals surface area (Å²) in [6, 6.07) is 66.7. The molecular formula is C49H34BN3S. The maximum Gasteiger partial charge on any atom is 0.241 e. The third-order valence-corrected chi connectivity index (χ3v) is 10.5. The summed E-state index contributed by atoms with van der Waals surface area (Å²) in [5.41, 5.74) is 16.1. The number of fused-ring (bicyclic) bond motifs is 1. The molecule has 3 nitrogen and oxygen atoms in total. The van der Waals surface area contributed by atoms with Crippen LogP contribution >= 0.6 is 12.6 Å². The van der Waals surface area contributed by atoms with Gasteiger partial charge in [0.1, 0.15) is 11.4 Å². The summed E-state index contributed by atoms with van der Waals surface area (Å²) in [7, 11) is 0. The van der Waals surface area contributed by atoms with Crippen LogP contribution in [0.5, 0.6) is 0 Å². The van der Waals surface area contributed by atoms with Gasteiger partial charge in [0.15, 0.2) is 0 Å². The van der Waals surface area contributed by atoms with Crippen molar-refractivity contribution in [3.8, 4) is 55.9 Å². The van der Waals surface area contributed by atoms with Crippen molar-refractivity contribution in [2.45, 2.75) is 4.90 Å². The Labute approximate surface area is 321 Å². The average molecular weight is 708 g/mol. The molecule has 9 aromatic rings. The van der Waals surface area contributed by atoms with Gasteiger partial charge in [0, 0.05) is 11.1 Å². The fourth-order valence-electron chi connectivity index (χ4n) is 7.23. The second-order valence-corrected chi connectivity index (χ2v) is 13.9. The molecule has 0 fully saturated rings. The molecule has 0 spiro atoms. The van der Waals surface area contributed by atoms with Gasteiger partial charge in [-0.05, 0) is 62.7 Å². The molecule has 0 aliphatic heterocycles. The number of benzene rings is 7. The third-order valence-electron chi connectivity index (χ3n) is 10.1. The molecule has 254 valence electrons. The summed E-state index contributed by atoms with van der Waals surface area (Å²) in [6.07, 6.45) is 3.58. The number of aromatic nitrogens is 3. The predicted molar refractivity (Wildman–Crippen MR) is 229 cm³/mol. The molecule has 0 N–H and O–H groups in total. The first-order chi connectivity index (χ1) is 26.7. The van der Waals surface area contributed by atoms with Crippen LogP contribution in [0.1, 0.15) is 0 Å². The van der Waals surface area contributed by atoms with Crippen molar-refractivity contribution in [2.24, 2.45) is 0 Å². The molecule has 0 radical (unpaired) electrons. The monoisotopic (exact) mass is 707 g/mol. The van der Waals surface area contributed by atoms with Gasteiger partial charge in [-0.1, -0.05) is 186 Å². The molecule has 0 aliphatic carbocycles. The van der Waals surface area contributed by atoms with Crippen molar-refractivity contribution >= 4 is 46.8 Å². The van der Waals surface area contributed by atoms with Crippen molar-refractivity contribution in [3.05, 3.63) is 200 Å². The molecule has 2 aromatic heterocycles. The Balaban J connectivity index is 1.01. The molecule has 7 aromatic carbocycles. The van der Waals surface area contributed by atoms with Crippen LogP contribution in [0.15, 0.2) is 205 Å². The Morgan fingerprint density at radius 3 is 1.28 bits per heavy atom. The smallest absolute Gasteiger partial charge is 0.241 e. The van der Waals surface area contributed by atoms with Crippen LogP contribution in [0, 0.1) is 0 Å². The van der Waals surface area contributed by atoms with Crippen LogP contribution in [-0.2, 0) is 0 Å². The number of hydrogen-bond donors (Lipinski definition) is 1. The van der Waals surface area contributed by atoms with Crippen molar-refractivity contribution in [2.75, 3.05) is 0 Å². The SMILES string of the molecule is Sc1c(-c2ccc(-c3ccc(B(c4ccc(-c5ccccc5)cc4)c4ccc(-c5ccccc5)cc4)cc3)cc2)ccnc1-c1cnc2ccccc2n1. The normalized spacial score (nSPS) is 11.1. The summed E-state index contributed by atoms with van der Waals surface area (Å²) in [4.78, 5) is 14.8. The lowest BCUT2D eigenvalue weighted by Gasteiger charge is -2.17. The third kappa shape index (κ3) is 6.74. The molecule has 0 amide bonds. The Hall–Kier alpha value is -6.56. The largest absolute Gasteiger partial charge is 0.253 e. The molecule has 5 heteroatoms. The number of para-hydroxylation sites is 2. The number of rotatable bonds is 8. The van der Waals surface area contributed by atoms with E-state index in [1.165, 1.54) is 38.6 Å². The average Bonchev–Trinajstić information content (AvgIpc) is 3.25. The number of hydrogen-bond acceptors (Lipinski definition) is 4. The molecule has 0 saturated carbocycles. The number of thiol groups is 1. The van der Waals surface area contributed by atoms with Crippen LogP contribution in [0.25, 0.3) is 66.9 Å². The molecule has 0 unspecified atom stereocenters. The fourth-order valence-corrected chi connectivity index (χ4v) is 7.61. The van der Waals surface area contributed by atoms with Crippen molar-refractivity contribution < 1.29 is 0 Å². The topological polar surface area (TPSA) is 38.7 Å². The van der Waals surface area contributed by atoms with E-state index in [2.05, 4.69) is 168 Å². The summed E-state index contributed by atoms with van der Waals surface area (Å²) >= 11 is 4.93. The van der Waals surface area contributed by atoms with Crippen LogP contribution in [0.3, 0.4) is 0 Å². The zero-order valence-electron chi connectivity index (χ0n) is 29.4. The first-order valence-electron chi connectivity index (χ1n) is 18.1. The van der Waals surface area contributed by atoms with E-state index in [1.54, 1.807) is 6.20 Å². The molecule has 54 heavy (non-hydrogen) atoms. The zero-order valence-corrected chi connectivity index (χ0v) is 30.3. The van der Waals surface area contributed by atoms with E-state index < -0.39 is 0 Å². The highest BCUT2D eigenvalue weighted by atomic mass is 32.1. The Kier molecular flexibility index (Phi) is 9.14. The summed E-state index contributed by atoms with van der Waals surface area (Å²) in [6.45, 7) is 0.0815. The molecule has 9 rings (SSSR count). The summed E-state index contributed by atoms with van der Waals surface area (Å²) < 4.78 is 0. The first-order valence-corrected chi connectivity index (χ1v) is 18.5. The summed E-state index contributed by atoms with van der Waals surface area (Å²) in [5.74, 6) is 0. The summed E-state index contributed by atoms with van der Waals surface area (Å²) in [5, 5.41) is 0. The van der Waals surface area contributed by atoms with Crippen LogP contribution < -0.4 is 16.4 Å². The predicted octanol–water partition coefficient (Wildman–Crippen LogP) is 10.2. The second kappa shape index (κ2) is 14.8. The van der Waals surface area contributed by atoms with E-state index in [0.29, 0.717) is 11.4 Å². The van der Waals surface area contributed by atoms with Crippen LogP contribution in [-0.4, -0.2) is 21.7 Å². The van der Waals surface area contributed by atoms with Gasteiger partial charge in [-0.15, -0.1) is 12.6 Å². The van der Waals surface area contributed by atoms with Gasteiger partial charge in [-0.3, -0.25) is 9.97 Å². The van der Waals surface area contributed by atoms with Crippen LogP contribution in [0.2, 0.25) is 0 Å². The molecule has 2 heterocycles. The van der Waals surface area contributed by atoms with E-state index in [0.717, 1.165) is 38.2 Å². The van der Waals surface area contributed by atoms with Crippen molar-refractivity contribution in [3.63, 3.8) is 0 Å². The fraction of sp³-hybridized carbons (Fsp3) is 0. The second-order valence-electron chi connectivity index (χ2n) is 13.4. The maximum atomic E-state index is 4.93. The first kappa shape index (κ1) is 33.3. The van der Waals surface area contributed by atoms with E-state index in [-0.39, 0.29) is 6.71 Å². The van der Waals surface area contributed by atoms with Gasteiger partial charge < -0.3 is 0 Å². The highest BCUT2D eigenvalue weighted by molar-refractivity contribution is 7.80. The molecular weight excluding hydrogens is 673 g/mol. The van der Waals surface area contributed by atoms with Gasteiger partial charge in [0.25, 0.3) is 0 Å². The van der Waals surface area contributed by atoms with Gasteiger partial charge in [-0.2, -0.15) is 0 Å². The highest BCUT2D eigenvalue weighted by Crippen LogP contribution is 2.34. The maximum absolute atomic E-state index is 4.93. The van der Waals surface area contributed by atoms with Gasteiger partial charge >= 0.3 is 0 Å². The minimum absolute atomic E-state index is 0.0815. The quantitative estimate of drug-likeness (QED) is 0.126. The Morgan fingerprint density at radius 1 is 0.370 bits per heavy atom. The van der Waals surface area contributed by atoms with Gasteiger partial charge in [-0.25, -0.2) is 4.98 Å². The van der Waals surface area contributed by atoms with E-state index in [4.69, 9.17) is 17.6 Å². The van der Waals surface area contributed by atoms with E-state index >= 15 is 0 Å². The molecule has 0 bridgehead atoms. The minimum Gasteiger partial charge on any atom is -0.253 e. The van der Waals surface area contributed by atoms with E-state index in [1.807, 2.05) is 36.5 Å². The Morgan fingerprint density at radius 2 is 0.778 bits per heavy atom. The van der Waals surface area contributed by atoms with Crippen molar-refractivity contribution in [1.82, 2.24) is 15.0 Å². The van der Waals surface area contributed by atoms with Crippen molar-refractivity contribution in [1.29, 1.82) is 0 Å². The number of nitrogens with zero attached hydrogens (tertiary/aromatic N) is 3. The lowest BCUT2D eigenvalue weighted by atomic mass is 9.37. The molecule has 0 saturated heterocycles. The van der Waals surface area contributed by atoms with Crippen LogP contribution in [0.4, 0.5) is 0 Å². The standard InChI is InChI=1S/C49H34BN3S/c54-49-44(31-32-51-48(49)47-33-52-45-13-7-8-14-46(45)53-47)40-17-15-36(16-18-40)39-23-29-43(30-24-39)50(41-25-19-37(20-26-41)34-9-3-1-4-10-34)42-27-21-38(22-28-42)35-11-5-2-6-12-35/h1-33,54H. The van der Waals surface area contributed by atoms with E-state index in [9.17, 15) is 0 Å². The molecule has 0 aliphatic rings. The number of pyridine rings is 1. The molecule has 0 atom stereocenters. The van der Waals surface area contributed by atoms with Gasteiger partial charge in [0.05, 0.1) is 17.2 Å². The lowest BCUT2D eigenvalue weighted by Crippen LogP contribution is -2.51. The lowest BCUT2D eigenvalue weighted by molar-refractivity contribution is 1.19. The highest BCUT2D eigenvalue weighted by Gasteiger charge is 2.22.